The third kappa shape index (κ3) is 5.11. The van der Waals surface area contributed by atoms with Gasteiger partial charge in [-0.15, -0.1) is 0 Å². The van der Waals surface area contributed by atoms with E-state index in [1.54, 1.807) is 0 Å². The molecule has 4 atom stereocenters. The minimum atomic E-state index is -0.607. The molecule has 0 amide bonds. The maximum absolute atomic E-state index is 9.71. The highest BCUT2D eigenvalue weighted by molar-refractivity contribution is 5.14. The molecule has 1 heterocycles. The van der Waals surface area contributed by atoms with Gasteiger partial charge in [-0.05, 0) is 11.1 Å². The summed E-state index contributed by atoms with van der Waals surface area (Å²) in [5, 5.41) is 19.0. The molecule has 1 fully saturated rings. The first-order chi connectivity index (χ1) is 12.8. The van der Waals surface area contributed by atoms with Gasteiger partial charge in [-0.3, -0.25) is 0 Å². The van der Waals surface area contributed by atoms with E-state index in [0.717, 1.165) is 11.1 Å². The number of aliphatic hydroxyl groups excluding tert-OH is 1. The van der Waals surface area contributed by atoms with Gasteiger partial charge in [0.15, 0.2) is 0 Å². The van der Waals surface area contributed by atoms with Gasteiger partial charge in [0, 0.05) is 6.42 Å². The van der Waals surface area contributed by atoms with E-state index in [9.17, 15) is 10.3 Å². The predicted molar refractivity (Wildman–Crippen MR) is 95.3 cm³/mol. The molecule has 140 valence electrons. The normalized spacial score (nSPS) is 25.9. The number of hydrogen-bond acceptors (Lipinski definition) is 6. The molecule has 6 heteroatoms. The Morgan fingerprint density at radius 1 is 0.923 bits per heavy atom. The number of benzene rings is 2. The van der Waals surface area contributed by atoms with E-state index in [2.05, 4.69) is 5.48 Å². The minimum Gasteiger partial charge on any atom is -0.394 e. The molecule has 0 saturated carbocycles. The second-order valence-corrected chi connectivity index (χ2v) is 6.31. The number of aliphatic hydroxyl groups is 1. The molecular formula is C20H25NO5. The van der Waals surface area contributed by atoms with Gasteiger partial charge < -0.3 is 24.5 Å². The lowest BCUT2D eigenvalue weighted by Crippen LogP contribution is -2.55. The molecule has 0 radical (unpaired) electrons. The fourth-order valence-corrected chi connectivity index (χ4v) is 3.08. The number of hydroxylamine groups is 1. The maximum atomic E-state index is 9.71. The summed E-state index contributed by atoms with van der Waals surface area (Å²) in [4.78, 5) is 0. The largest absolute Gasteiger partial charge is 0.394 e. The number of hydrogen-bond donors (Lipinski definition) is 3. The average molecular weight is 359 g/mol. The van der Waals surface area contributed by atoms with E-state index in [4.69, 9.17) is 14.2 Å². The second kappa shape index (κ2) is 9.78. The lowest BCUT2D eigenvalue weighted by molar-refractivity contribution is -0.236. The summed E-state index contributed by atoms with van der Waals surface area (Å²) in [5.41, 5.74) is 4.21. The maximum Gasteiger partial charge on any atom is 0.133 e. The van der Waals surface area contributed by atoms with Crippen LogP contribution in [0.3, 0.4) is 0 Å². The summed E-state index contributed by atoms with van der Waals surface area (Å²) in [6.45, 7) is 0.601. The number of nitrogens with one attached hydrogen (secondary N) is 1. The van der Waals surface area contributed by atoms with Crippen molar-refractivity contribution in [2.75, 3.05) is 6.61 Å². The monoisotopic (exact) mass is 359 g/mol. The third-order valence-corrected chi connectivity index (χ3v) is 4.43. The third-order valence-electron chi connectivity index (χ3n) is 4.43. The molecule has 0 aliphatic carbocycles. The Kier molecular flexibility index (Phi) is 7.13. The van der Waals surface area contributed by atoms with E-state index in [0.29, 0.717) is 19.6 Å². The first kappa shape index (κ1) is 19.0. The van der Waals surface area contributed by atoms with Gasteiger partial charge in [-0.1, -0.05) is 60.7 Å². The van der Waals surface area contributed by atoms with E-state index >= 15 is 0 Å². The van der Waals surface area contributed by atoms with Gasteiger partial charge in [0.2, 0.25) is 0 Å². The Morgan fingerprint density at radius 3 is 2.04 bits per heavy atom. The van der Waals surface area contributed by atoms with Crippen molar-refractivity contribution in [2.24, 2.45) is 0 Å². The minimum absolute atomic E-state index is 0.219. The SMILES string of the molecule is OCC1OC(NO)CC(OCc2ccccc2)C1OCc1ccccc1. The van der Waals surface area contributed by atoms with Crippen LogP contribution in [-0.2, 0) is 27.4 Å². The van der Waals surface area contributed by atoms with Crippen LogP contribution in [0.4, 0.5) is 0 Å². The summed E-state index contributed by atoms with van der Waals surface area (Å²) in [6.07, 6.45) is -1.54. The quantitative estimate of drug-likeness (QED) is 0.628. The molecule has 3 N–H and O–H groups in total. The standard InChI is InChI=1S/C20H25NO5/c22-12-18-20(25-14-16-9-5-2-6-10-16)17(11-19(21-23)26-18)24-13-15-7-3-1-4-8-15/h1-10,17-23H,11-14H2. The van der Waals surface area contributed by atoms with Crippen LogP contribution in [0.25, 0.3) is 0 Å². The van der Waals surface area contributed by atoms with Gasteiger partial charge >= 0.3 is 0 Å². The molecule has 1 aliphatic heterocycles. The van der Waals surface area contributed by atoms with Crippen molar-refractivity contribution < 1.29 is 24.5 Å². The number of rotatable bonds is 8. The van der Waals surface area contributed by atoms with Crippen LogP contribution in [0.1, 0.15) is 17.5 Å². The lowest BCUT2D eigenvalue weighted by atomic mass is 10.0. The van der Waals surface area contributed by atoms with Crippen LogP contribution in [-0.4, -0.2) is 41.5 Å². The van der Waals surface area contributed by atoms with Crippen LogP contribution < -0.4 is 5.48 Å². The van der Waals surface area contributed by atoms with Crippen LogP contribution in [0.15, 0.2) is 60.7 Å². The molecule has 26 heavy (non-hydrogen) atoms. The van der Waals surface area contributed by atoms with E-state index < -0.39 is 18.4 Å². The Hall–Kier alpha value is -1.80. The van der Waals surface area contributed by atoms with Gasteiger partial charge in [0.1, 0.15) is 18.4 Å². The van der Waals surface area contributed by atoms with Crippen molar-refractivity contribution in [1.29, 1.82) is 0 Å². The summed E-state index contributed by atoms with van der Waals surface area (Å²) in [7, 11) is 0. The van der Waals surface area contributed by atoms with Crippen molar-refractivity contribution >= 4 is 0 Å². The van der Waals surface area contributed by atoms with Gasteiger partial charge in [-0.2, -0.15) is 5.48 Å². The summed E-state index contributed by atoms with van der Waals surface area (Å²) < 4.78 is 17.8. The zero-order valence-electron chi connectivity index (χ0n) is 14.5. The van der Waals surface area contributed by atoms with Crippen LogP contribution in [0, 0.1) is 0 Å². The summed E-state index contributed by atoms with van der Waals surface area (Å²) in [5.74, 6) is 0. The molecule has 1 aliphatic rings. The fourth-order valence-electron chi connectivity index (χ4n) is 3.08. The highest BCUT2D eigenvalue weighted by Gasteiger charge is 2.40. The van der Waals surface area contributed by atoms with Crippen molar-refractivity contribution in [3.63, 3.8) is 0 Å². The topological polar surface area (TPSA) is 80.2 Å². The van der Waals surface area contributed by atoms with E-state index in [-0.39, 0.29) is 12.7 Å². The van der Waals surface area contributed by atoms with Gasteiger partial charge in [-0.25, -0.2) is 0 Å². The number of ether oxygens (including phenoxy) is 3. The fraction of sp³-hybridized carbons (Fsp3) is 0.400. The Morgan fingerprint density at radius 2 is 1.50 bits per heavy atom. The molecule has 0 spiro atoms. The first-order valence-electron chi connectivity index (χ1n) is 8.77. The first-order valence-corrected chi connectivity index (χ1v) is 8.77. The zero-order chi connectivity index (χ0) is 18.2. The van der Waals surface area contributed by atoms with E-state index in [1.807, 2.05) is 60.7 Å². The van der Waals surface area contributed by atoms with Crippen molar-refractivity contribution in [2.45, 2.75) is 44.2 Å². The molecule has 0 bridgehead atoms. The van der Waals surface area contributed by atoms with Gasteiger partial charge in [0.25, 0.3) is 0 Å². The van der Waals surface area contributed by atoms with Crippen LogP contribution in [0.2, 0.25) is 0 Å². The molecule has 4 unspecified atom stereocenters. The Balaban J connectivity index is 1.67. The summed E-state index contributed by atoms with van der Waals surface area (Å²) in [6, 6.07) is 19.7. The predicted octanol–water partition coefficient (Wildman–Crippen LogP) is 2.24. The molecule has 1 saturated heterocycles. The van der Waals surface area contributed by atoms with Crippen molar-refractivity contribution in [3.05, 3.63) is 71.8 Å². The van der Waals surface area contributed by atoms with Crippen LogP contribution >= 0.6 is 0 Å². The molecule has 2 aromatic carbocycles. The van der Waals surface area contributed by atoms with Crippen LogP contribution in [0.5, 0.6) is 0 Å². The van der Waals surface area contributed by atoms with E-state index in [1.165, 1.54) is 0 Å². The molecule has 6 nitrogen and oxygen atoms in total. The molecule has 2 aromatic rings. The zero-order valence-corrected chi connectivity index (χ0v) is 14.5. The highest BCUT2D eigenvalue weighted by Crippen LogP contribution is 2.26. The second-order valence-electron chi connectivity index (χ2n) is 6.31. The van der Waals surface area contributed by atoms with Crippen molar-refractivity contribution in [3.8, 4) is 0 Å². The highest BCUT2D eigenvalue weighted by atomic mass is 16.6. The lowest BCUT2D eigenvalue weighted by Gasteiger charge is -2.40. The molecule has 3 rings (SSSR count). The summed E-state index contributed by atoms with van der Waals surface area (Å²) >= 11 is 0. The Bertz CT molecular complexity index is 639. The smallest absolute Gasteiger partial charge is 0.133 e. The molecule has 0 aromatic heterocycles. The van der Waals surface area contributed by atoms with Gasteiger partial charge in [0.05, 0.1) is 25.9 Å². The molecular weight excluding hydrogens is 334 g/mol. The van der Waals surface area contributed by atoms with Crippen molar-refractivity contribution in [1.82, 2.24) is 5.48 Å². The average Bonchev–Trinajstić information content (AvgIpc) is 2.72. The Labute approximate surface area is 153 Å².